The molecule has 0 radical (unpaired) electrons. The number of rotatable bonds is 21. The quantitative estimate of drug-likeness (QED) is 0.0389. The summed E-state index contributed by atoms with van der Waals surface area (Å²) in [6, 6.07) is 4.22. The van der Waals surface area contributed by atoms with Crippen molar-refractivity contribution in [1.29, 1.82) is 0 Å². The van der Waals surface area contributed by atoms with Crippen LogP contribution in [0.5, 0.6) is 5.75 Å². The van der Waals surface area contributed by atoms with E-state index in [1.165, 1.54) is 43.0 Å². The van der Waals surface area contributed by atoms with Crippen LogP contribution in [0.2, 0.25) is 0 Å². The molecule has 2 unspecified atom stereocenters. The molecular formula is C32H38N9O18P3S3-4. The number of thioether (sulfide) groups is 2. The number of aromatic hydroxyl groups is 1. The molecule has 356 valence electrons. The van der Waals surface area contributed by atoms with Gasteiger partial charge in [0.15, 0.2) is 17.7 Å². The van der Waals surface area contributed by atoms with E-state index in [4.69, 9.17) is 10.5 Å². The number of amides is 2. The third-order valence-electron chi connectivity index (χ3n) is 9.20. The zero-order valence-corrected chi connectivity index (χ0v) is 38.7. The average molecular weight is 1030 g/mol. The fraction of sp³-hybridized carbons (Fsp3) is 0.500. The van der Waals surface area contributed by atoms with E-state index in [0.717, 1.165) is 33.7 Å². The Bertz CT molecular complexity index is 2600. The minimum absolute atomic E-state index is 0.0285. The largest absolute Gasteiger partial charge is 0.790 e. The molecule has 1 aromatic carbocycles. The number of anilines is 1. The van der Waals surface area contributed by atoms with E-state index in [2.05, 4.69) is 53.4 Å². The first kappa shape index (κ1) is 50.9. The number of imidazole rings is 1. The van der Waals surface area contributed by atoms with Gasteiger partial charge in [0.1, 0.15) is 58.1 Å². The Kier molecular flexibility index (Phi) is 16.3. The lowest BCUT2D eigenvalue weighted by Gasteiger charge is -2.36. The zero-order chi connectivity index (χ0) is 47.5. The number of phosphoric acid groups is 3. The number of phosphoric ester groups is 3. The van der Waals surface area contributed by atoms with Crippen LogP contribution < -0.4 is 35.9 Å². The zero-order valence-electron chi connectivity index (χ0n) is 33.6. The van der Waals surface area contributed by atoms with Gasteiger partial charge in [-0.15, -0.1) is 23.1 Å². The Morgan fingerprint density at radius 3 is 2.57 bits per heavy atom. The maximum Gasteiger partial charge on any atom is 0.274 e. The lowest BCUT2D eigenvalue weighted by Crippen LogP contribution is -2.46. The SMILES string of the molecule is CC(C)(COP(=O)([O-])OP(=O)([O-])OC[C@H]1O[C@@H](n2cnc3c(N)ncnc32)[C@H](O)[C@@H]1OP(=O)([O-])[O-])[C@@H](O)C(=O)NCCC(=O)NCCSC(=O)[C@H]1CSC(c2nc3ccc(O)cc3s2)=N1. The van der Waals surface area contributed by atoms with Gasteiger partial charge < -0.3 is 74.1 Å². The molecule has 6 rings (SSSR count). The summed E-state index contributed by atoms with van der Waals surface area (Å²) in [6.45, 7) is -0.0706. The maximum absolute atomic E-state index is 12.7. The molecule has 33 heteroatoms. The summed E-state index contributed by atoms with van der Waals surface area (Å²) in [5.74, 6) is -0.840. The van der Waals surface area contributed by atoms with Crippen molar-refractivity contribution in [3.63, 3.8) is 0 Å². The van der Waals surface area contributed by atoms with Gasteiger partial charge in [0.25, 0.3) is 15.6 Å². The van der Waals surface area contributed by atoms with E-state index in [1.54, 1.807) is 12.1 Å². The molecular weight excluding hydrogens is 988 g/mol. The molecule has 0 saturated carbocycles. The van der Waals surface area contributed by atoms with E-state index in [9.17, 15) is 63.0 Å². The van der Waals surface area contributed by atoms with Gasteiger partial charge in [-0.25, -0.2) is 24.2 Å². The average Bonchev–Trinajstić information content (AvgIpc) is 4.03. The van der Waals surface area contributed by atoms with Crippen LogP contribution in [0.25, 0.3) is 21.4 Å². The molecule has 7 N–H and O–H groups in total. The third kappa shape index (κ3) is 13.4. The van der Waals surface area contributed by atoms with Crippen molar-refractivity contribution in [3.8, 4) is 5.75 Å². The van der Waals surface area contributed by atoms with Gasteiger partial charge in [-0.05, 0) is 18.2 Å². The van der Waals surface area contributed by atoms with Crippen LogP contribution in [-0.2, 0) is 50.7 Å². The topological polar surface area (TPSA) is 420 Å². The minimum Gasteiger partial charge on any atom is -0.790 e. The first-order valence-corrected chi connectivity index (χ1v) is 25.9. The third-order valence-corrected chi connectivity index (χ3v) is 15.4. The molecule has 1 fully saturated rings. The minimum atomic E-state index is -5.94. The second kappa shape index (κ2) is 20.8. The second-order valence-corrected chi connectivity index (χ2v) is 21.8. The number of benzene rings is 1. The Balaban J connectivity index is 0.899. The standard InChI is InChI=1S/C32H42N9O18P3S3/c1-32(2,24(45)27(46)35-6-5-20(43)34-7-8-63-31(47)17-11-64-28(40-17)29-39-16-4-3-15(42)9-19(16)65-29)12-56-62(53,54)59-61(51,52)55-10-18-23(58-60(48,49)50)22(44)30(57-18)41-14-38-21-25(33)36-13-37-26(21)41/h3-4,9,13-14,17-18,22-24,30,42,44-45H,5-8,10-12H2,1-2H3,(H,34,43)(H,35,46)(H,51,52)(H,53,54)(H2,33,36,37)(H2,48,49,50)/p-4/t17-,18-,22-,23-,24+,30-/m1/s1. The van der Waals surface area contributed by atoms with Crippen LogP contribution >= 0.6 is 58.3 Å². The molecule has 0 spiro atoms. The second-order valence-electron chi connectivity index (χ2n) is 14.6. The first-order chi connectivity index (χ1) is 30.4. The summed E-state index contributed by atoms with van der Waals surface area (Å²) in [5, 5.41) is 37.1. The molecule has 1 saturated heterocycles. The fourth-order valence-electron chi connectivity index (χ4n) is 5.97. The number of fused-ring (bicyclic) bond motifs is 2. The molecule has 3 aromatic heterocycles. The number of carbonyl (C=O) groups is 3. The highest BCUT2D eigenvalue weighted by molar-refractivity contribution is 8.16. The van der Waals surface area contributed by atoms with Crippen molar-refractivity contribution in [3.05, 3.63) is 35.9 Å². The summed E-state index contributed by atoms with van der Waals surface area (Å²) >= 11 is 3.74. The van der Waals surface area contributed by atoms with Crippen LogP contribution in [0.15, 0.2) is 35.8 Å². The molecule has 2 aliphatic rings. The first-order valence-electron chi connectivity index (χ1n) is 18.7. The van der Waals surface area contributed by atoms with E-state index >= 15 is 0 Å². The molecule has 65 heavy (non-hydrogen) atoms. The highest BCUT2D eigenvalue weighted by Gasteiger charge is 2.47. The Morgan fingerprint density at radius 1 is 1.09 bits per heavy atom. The van der Waals surface area contributed by atoms with Gasteiger partial charge in [-0.3, -0.25) is 33.1 Å². The smallest absolute Gasteiger partial charge is 0.274 e. The van der Waals surface area contributed by atoms with Crippen LogP contribution in [-0.4, -0.2) is 130 Å². The Hall–Kier alpha value is -3.51. The van der Waals surface area contributed by atoms with Crippen molar-refractivity contribution in [2.75, 3.05) is 43.5 Å². The predicted molar refractivity (Wildman–Crippen MR) is 222 cm³/mol. The van der Waals surface area contributed by atoms with E-state index in [-0.39, 0.29) is 53.1 Å². The summed E-state index contributed by atoms with van der Waals surface area (Å²) in [6.07, 6.45) is -7.72. The van der Waals surface area contributed by atoms with Crippen molar-refractivity contribution < 1.29 is 85.6 Å². The Morgan fingerprint density at radius 2 is 1.83 bits per heavy atom. The molecule has 4 aromatic rings. The molecule has 5 heterocycles. The predicted octanol–water partition coefficient (Wildman–Crippen LogP) is -1.99. The van der Waals surface area contributed by atoms with E-state index in [1.807, 2.05) is 0 Å². The number of nitrogens with zero attached hydrogens (tertiary/aromatic N) is 6. The Labute approximate surface area is 379 Å². The van der Waals surface area contributed by atoms with Crippen LogP contribution in [0.4, 0.5) is 5.82 Å². The maximum atomic E-state index is 12.7. The summed E-state index contributed by atoms with van der Waals surface area (Å²) in [4.78, 5) is 106. The number of aliphatic hydroxyl groups is 2. The molecule has 0 bridgehead atoms. The fourth-order valence-corrected chi connectivity index (χ4v) is 11.7. The van der Waals surface area contributed by atoms with Crippen molar-refractivity contribution in [2.45, 2.75) is 57.0 Å². The van der Waals surface area contributed by atoms with Gasteiger partial charge in [-0.1, -0.05) is 25.6 Å². The molecule has 2 amide bonds. The van der Waals surface area contributed by atoms with Crippen molar-refractivity contribution in [2.24, 2.45) is 10.4 Å². The van der Waals surface area contributed by atoms with Crippen LogP contribution in [0, 0.1) is 5.41 Å². The van der Waals surface area contributed by atoms with Crippen molar-refractivity contribution >= 4 is 108 Å². The number of aromatic nitrogens is 5. The van der Waals surface area contributed by atoms with E-state index < -0.39 is 90.6 Å². The number of nitrogen functional groups attached to an aromatic ring is 1. The van der Waals surface area contributed by atoms with Crippen LogP contribution in [0.1, 0.15) is 31.5 Å². The van der Waals surface area contributed by atoms with Crippen LogP contribution in [0.3, 0.4) is 0 Å². The number of thiazole rings is 1. The van der Waals surface area contributed by atoms with Gasteiger partial charge in [-0.2, -0.15) is 0 Å². The molecule has 27 nitrogen and oxygen atoms in total. The van der Waals surface area contributed by atoms with Gasteiger partial charge in [0, 0.05) is 36.4 Å². The molecule has 8 atom stereocenters. The number of phenolic OH excluding ortho intramolecular Hbond substituents is 1. The van der Waals surface area contributed by atoms with E-state index in [0.29, 0.717) is 21.3 Å². The number of nitrogens with two attached hydrogens (primary N) is 1. The number of aliphatic hydroxyl groups excluding tert-OH is 2. The molecule has 0 aliphatic carbocycles. The monoisotopic (exact) mass is 1030 g/mol. The summed E-state index contributed by atoms with van der Waals surface area (Å²) in [5.41, 5.74) is 4.74. The lowest BCUT2D eigenvalue weighted by atomic mass is 9.87. The number of carbonyl (C=O) groups excluding carboxylic acids is 3. The number of aliphatic imine (C=N–C) groups is 1. The number of phenols is 1. The highest BCUT2D eigenvalue weighted by Crippen LogP contribution is 2.56. The summed E-state index contributed by atoms with van der Waals surface area (Å²) < 4.78 is 61.5. The normalized spacial score (nSPS) is 22.6. The highest BCUT2D eigenvalue weighted by atomic mass is 32.2. The van der Waals surface area contributed by atoms with Gasteiger partial charge in [0.2, 0.25) is 16.9 Å². The lowest BCUT2D eigenvalue weighted by molar-refractivity contribution is -0.347. The number of ether oxygens (including phenoxy) is 1. The number of hydrogen-bond acceptors (Lipinski definition) is 27. The number of nitrogens with one attached hydrogen (secondary N) is 2. The molecule has 2 aliphatic heterocycles. The van der Waals surface area contributed by atoms with Gasteiger partial charge >= 0.3 is 0 Å². The van der Waals surface area contributed by atoms with Gasteiger partial charge in [0.05, 0.1) is 37.6 Å². The van der Waals surface area contributed by atoms with Crippen molar-refractivity contribution in [1.82, 2.24) is 35.1 Å². The number of hydrogen-bond donors (Lipinski definition) is 6. The summed E-state index contributed by atoms with van der Waals surface area (Å²) in [7, 11) is -17.7.